The Bertz CT molecular complexity index is 1330. The van der Waals surface area contributed by atoms with E-state index in [-0.39, 0.29) is 34.7 Å². The Hall–Kier alpha value is -2.51. The van der Waals surface area contributed by atoms with Crippen molar-refractivity contribution >= 4 is 31.6 Å². The van der Waals surface area contributed by atoms with Gasteiger partial charge in [-0.3, -0.25) is 4.79 Å². The van der Waals surface area contributed by atoms with Gasteiger partial charge in [0.25, 0.3) is 0 Å². The number of amides is 1. The quantitative estimate of drug-likeness (QED) is 0.560. The minimum atomic E-state index is -3.67. The van der Waals surface area contributed by atoms with Crippen molar-refractivity contribution in [2.24, 2.45) is 5.92 Å². The molecule has 0 saturated carbocycles. The zero-order valence-corrected chi connectivity index (χ0v) is 23.0. The summed E-state index contributed by atoms with van der Waals surface area (Å²) >= 11 is 0. The van der Waals surface area contributed by atoms with Gasteiger partial charge < -0.3 is 15.0 Å². The molecule has 2 aromatic rings. The lowest BCUT2D eigenvalue weighted by Gasteiger charge is -2.31. The molecule has 0 spiro atoms. The zero-order valence-electron chi connectivity index (χ0n) is 21.4. The highest BCUT2D eigenvalue weighted by atomic mass is 32.2. The lowest BCUT2D eigenvalue weighted by Crippen LogP contribution is -2.46. The second-order valence-corrected chi connectivity index (χ2v) is 13.4. The van der Waals surface area contributed by atoms with Crippen molar-refractivity contribution < 1.29 is 26.4 Å². The van der Waals surface area contributed by atoms with Gasteiger partial charge in [0.05, 0.1) is 16.9 Å². The number of hydrogen-bond acceptors (Lipinski definition) is 7. The van der Waals surface area contributed by atoms with Crippen molar-refractivity contribution in [3.8, 4) is 5.75 Å². The fraction of sp³-hybridized carbons (Fsp3) is 0.480. The van der Waals surface area contributed by atoms with E-state index in [1.807, 2.05) is 7.05 Å². The molecule has 10 nitrogen and oxygen atoms in total. The van der Waals surface area contributed by atoms with Gasteiger partial charge in [0.15, 0.2) is 0 Å². The van der Waals surface area contributed by atoms with E-state index in [1.165, 1.54) is 33.9 Å². The molecule has 0 atom stereocenters. The monoisotopic (exact) mass is 550 g/mol. The molecule has 0 unspecified atom stereocenters. The number of hydrogen-bond donors (Lipinski definition) is 1. The second kappa shape index (κ2) is 11.1. The number of nitrogens with zero attached hydrogens (tertiary/aromatic N) is 3. The third-order valence-corrected chi connectivity index (χ3v) is 10.9. The maximum Gasteiger partial charge on any atom is 0.243 e. The summed E-state index contributed by atoms with van der Waals surface area (Å²) in [7, 11) is -3.74. The van der Waals surface area contributed by atoms with Crippen molar-refractivity contribution in [3.63, 3.8) is 0 Å². The molecule has 37 heavy (non-hydrogen) atoms. The molecule has 0 aromatic heterocycles. The molecule has 1 amide bonds. The fourth-order valence-corrected chi connectivity index (χ4v) is 7.63. The molecule has 2 aliphatic heterocycles. The average molecular weight is 551 g/mol. The molecule has 0 radical (unpaired) electrons. The van der Waals surface area contributed by atoms with Crippen molar-refractivity contribution in [1.82, 2.24) is 13.5 Å². The SMILES string of the molecule is COc1ccc(S(=O)(=O)N2CCC(C(=O)Nc3ccc(S(=O)(=O)N4CCN(C)CC4)cc3)CC2)cc1C. The van der Waals surface area contributed by atoms with Crippen LogP contribution in [0.2, 0.25) is 0 Å². The number of piperazine rings is 1. The van der Waals surface area contributed by atoms with E-state index in [0.29, 0.717) is 50.5 Å². The first-order valence-corrected chi connectivity index (χ1v) is 15.1. The molecule has 0 aliphatic carbocycles. The molecule has 2 saturated heterocycles. The van der Waals surface area contributed by atoms with Crippen molar-refractivity contribution in [3.05, 3.63) is 48.0 Å². The highest BCUT2D eigenvalue weighted by molar-refractivity contribution is 7.89. The number of benzene rings is 2. The van der Waals surface area contributed by atoms with Gasteiger partial charge in [-0.15, -0.1) is 0 Å². The van der Waals surface area contributed by atoms with Crippen molar-refractivity contribution in [1.29, 1.82) is 0 Å². The number of anilines is 1. The van der Waals surface area contributed by atoms with Crippen molar-refractivity contribution in [2.75, 3.05) is 58.7 Å². The van der Waals surface area contributed by atoms with Crippen LogP contribution < -0.4 is 10.1 Å². The first-order valence-electron chi connectivity index (χ1n) is 12.3. The molecule has 1 N–H and O–H groups in total. The number of nitrogens with one attached hydrogen (secondary N) is 1. The predicted molar refractivity (Wildman–Crippen MR) is 141 cm³/mol. The highest BCUT2D eigenvalue weighted by Gasteiger charge is 2.33. The topological polar surface area (TPSA) is 116 Å². The van der Waals surface area contributed by atoms with Crippen LogP contribution in [0.25, 0.3) is 0 Å². The minimum Gasteiger partial charge on any atom is -0.496 e. The number of piperidine rings is 1. The molecule has 2 fully saturated rings. The molecule has 202 valence electrons. The van der Waals surface area contributed by atoms with E-state index in [4.69, 9.17) is 4.74 Å². The highest BCUT2D eigenvalue weighted by Crippen LogP contribution is 2.28. The first-order chi connectivity index (χ1) is 17.5. The minimum absolute atomic E-state index is 0.197. The van der Waals surface area contributed by atoms with Crippen LogP contribution in [0.4, 0.5) is 5.69 Å². The van der Waals surface area contributed by atoms with Crippen LogP contribution in [-0.2, 0) is 24.8 Å². The Morgan fingerprint density at radius 3 is 1.95 bits per heavy atom. The molecule has 0 bridgehead atoms. The van der Waals surface area contributed by atoms with Gasteiger partial charge in [0.1, 0.15) is 5.75 Å². The number of methoxy groups -OCH3 is 1. The summed E-state index contributed by atoms with van der Waals surface area (Å²) in [5, 5.41) is 2.85. The number of aryl methyl sites for hydroxylation is 1. The standard InChI is InChI=1S/C25H34N4O6S2/c1-19-18-23(8-9-24(19)35-3)37(33,34)28-12-10-20(11-13-28)25(30)26-21-4-6-22(7-5-21)36(31,32)29-16-14-27(2)15-17-29/h4-9,18,20H,10-17H2,1-3H3,(H,26,30). The molecule has 2 aliphatic rings. The van der Waals surface area contributed by atoms with E-state index >= 15 is 0 Å². The molecule has 4 rings (SSSR count). The van der Waals surface area contributed by atoms with Crippen LogP contribution in [0.3, 0.4) is 0 Å². The lowest BCUT2D eigenvalue weighted by atomic mass is 9.97. The number of rotatable bonds is 7. The molecule has 2 heterocycles. The summed E-state index contributed by atoms with van der Waals surface area (Å²) in [5.41, 5.74) is 1.24. The largest absolute Gasteiger partial charge is 0.496 e. The Morgan fingerprint density at radius 1 is 0.838 bits per heavy atom. The number of ether oxygens (including phenoxy) is 1. The smallest absolute Gasteiger partial charge is 0.243 e. The summed E-state index contributed by atoms with van der Waals surface area (Å²) in [5.74, 6) is 0.0871. The third kappa shape index (κ3) is 5.99. The summed E-state index contributed by atoms with van der Waals surface area (Å²) in [6.45, 7) is 4.55. The fourth-order valence-electron chi connectivity index (χ4n) is 4.65. The third-order valence-electron chi connectivity index (χ3n) is 7.05. The van der Waals surface area contributed by atoms with Crippen LogP contribution >= 0.6 is 0 Å². The van der Waals surface area contributed by atoms with E-state index in [9.17, 15) is 21.6 Å². The molecule has 12 heteroatoms. The van der Waals surface area contributed by atoms with Gasteiger partial charge in [-0.05, 0) is 74.8 Å². The van der Waals surface area contributed by atoms with E-state index < -0.39 is 20.0 Å². The van der Waals surface area contributed by atoms with Gasteiger partial charge in [0.2, 0.25) is 26.0 Å². The van der Waals surface area contributed by atoms with Crippen LogP contribution in [0.1, 0.15) is 18.4 Å². The van der Waals surface area contributed by atoms with Gasteiger partial charge in [-0.25, -0.2) is 16.8 Å². The summed E-state index contributed by atoms with van der Waals surface area (Å²) in [6.07, 6.45) is 0.798. The Kier molecular flexibility index (Phi) is 8.24. The van der Waals surface area contributed by atoms with Crippen LogP contribution in [-0.4, -0.2) is 89.7 Å². The molecule has 2 aromatic carbocycles. The zero-order chi connectivity index (χ0) is 26.8. The maximum absolute atomic E-state index is 13.1. The van der Waals surface area contributed by atoms with E-state index in [0.717, 1.165) is 5.56 Å². The lowest BCUT2D eigenvalue weighted by molar-refractivity contribution is -0.120. The van der Waals surface area contributed by atoms with E-state index in [2.05, 4.69) is 10.2 Å². The van der Waals surface area contributed by atoms with Crippen LogP contribution in [0, 0.1) is 12.8 Å². The number of carbonyl (C=O) groups is 1. The second-order valence-electron chi connectivity index (χ2n) is 9.53. The van der Waals surface area contributed by atoms with Gasteiger partial charge in [-0.1, -0.05) is 0 Å². The Morgan fingerprint density at radius 2 is 1.38 bits per heavy atom. The van der Waals surface area contributed by atoms with Gasteiger partial charge >= 0.3 is 0 Å². The Labute approximate surface area is 219 Å². The summed E-state index contributed by atoms with van der Waals surface area (Å²) in [6, 6.07) is 11.0. The van der Waals surface area contributed by atoms with Crippen LogP contribution in [0.15, 0.2) is 52.3 Å². The summed E-state index contributed by atoms with van der Waals surface area (Å²) in [4.78, 5) is 15.3. The van der Waals surface area contributed by atoms with Crippen LogP contribution in [0.5, 0.6) is 5.75 Å². The molecular formula is C25H34N4O6S2. The predicted octanol–water partition coefficient (Wildman–Crippen LogP) is 1.98. The van der Waals surface area contributed by atoms with E-state index in [1.54, 1.807) is 31.2 Å². The average Bonchev–Trinajstić information content (AvgIpc) is 2.89. The van der Waals surface area contributed by atoms with Gasteiger partial charge in [-0.2, -0.15) is 8.61 Å². The first kappa shape index (κ1) is 27.5. The normalized spacial score (nSPS) is 19.0. The number of carbonyl (C=O) groups excluding carboxylic acids is 1. The molecular weight excluding hydrogens is 516 g/mol. The number of likely N-dealkylation sites (N-methyl/N-ethyl adjacent to an activating group) is 1. The summed E-state index contributed by atoms with van der Waals surface area (Å²) < 4.78 is 60.1. The Balaban J connectivity index is 1.34. The van der Waals surface area contributed by atoms with Crippen molar-refractivity contribution in [2.45, 2.75) is 29.6 Å². The maximum atomic E-state index is 13.1. The number of sulfonamides is 2. The van der Waals surface area contributed by atoms with Gasteiger partial charge in [0, 0.05) is 50.9 Å².